The number of fused-ring (bicyclic) bond motifs is 2. The van der Waals surface area contributed by atoms with Crippen LogP contribution in [0.2, 0.25) is 0 Å². The van der Waals surface area contributed by atoms with Crippen LogP contribution in [0.3, 0.4) is 0 Å². The Morgan fingerprint density at radius 1 is 1.12 bits per heavy atom. The van der Waals surface area contributed by atoms with E-state index in [0.29, 0.717) is 0 Å². The molecule has 2 aromatic carbocycles. The topological polar surface area (TPSA) is 47.4 Å². The van der Waals surface area contributed by atoms with Crippen molar-refractivity contribution in [3.8, 4) is 5.75 Å². The van der Waals surface area contributed by atoms with E-state index in [1.807, 2.05) is 30.9 Å². The second kappa shape index (κ2) is 8.97. The van der Waals surface area contributed by atoms with Gasteiger partial charge in [-0.2, -0.15) is 0 Å². The highest BCUT2D eigenvalue weighted by molar-refractivity contribution is 5.97. The fraction of sp³-hybridized carbons (Fsp3) is 0.481. The zero-order chi connectivity index (χ0) is 22.1. The first-order valence-electron chi connectivity index (χ1n) is 12.2. The van der Waals surface area contributed by atoms with Gasteiger partial charge < -0.3 is 14.2 Å². The van der Waals surface area contributed by atoms with E-state index in [-0.39, 0.29) is 5.91 Å². The first-order chi connectivity index (χ1) is 15.7. The van der Waals surface area contributed by atoms with Crippen molar-refractivity contribution in [2.24, 2.45) is 5.92 Å². The molecule has 2 heterocycles. The summed E-state index contributed by atoms with van der Waals surface area (Å²) in [6.45, 7) is 7.28. The minimum absolute atomic E-state index is 0.0856. The molecule has 168 valence electrons. The molecule has 0 bridgehead atoms. The molecule has 1 aliphatic heterocycles. The SMILES string of the molecule is CCN(CC)C(=O)c1ccc2c(c1)nc(Cc1ccc3c(c1)CCO3)n2CC1CCCC1. The van der Waals surface area contributed by atoms with E-state index in [1.54, 1.807) is 0 Å². The average molecular weight is 432 g/mol. The molecule has 3 aromatic rings. The number of ether oxygens (including phenoxy) is 1. The number of amides is 1. The zero-order valence-electron chi connectivity index (χ0n) is 19.3. The summed E-state index contributed by atoms with van der Waals surface area (Å²) in [6, 6.07) is 12.6. The van der Waals surface area contributed by atoms with Crippen molar-refractivity contribution >= 4 is 16.9 Å². The summed E-state index contributed by atoms with van der Waals surface area (Å²) in [5.74, 6) is 2.92. The molecule has 0 saturated heterocycles. The third kappa shape index (κ3) is 4.01. The number of carbonyl (C=O) groups excluding carboxylic acids is 1. The lowest BCUT2D eigenvalue weighted by atomic mass is 10.1. The lowest BCUT2D eigenvalue weighted by Crippen LogP contribution is -2.30. The summed E-state index contributed by atoms with van der Waals surface area (Å²) in [4.78, 5) is 19.8. The molecule has 32 heavy (non-hydrogen) atoms. The van der Waals surface area contributed by atoms with Crippen LogP contribution in [0, 0.1) is 5.92 Å². The number of hydrogen-bond acceptors (Lipinski definition) is 3. The van der Waals surface area contributed by atoms with E-state index in [4.69, 9.17) is 9.72 Å². The van der Waals surface area contributed by atoms with Crippen molar-refractivity contribution in [3.63, 3.8) is 0 Å². The lowest BCUT2D eigenvalue weighted by Gasteiger charge is -2.18. The van der Waals surface area contributed by atoms with Crippen LogP contribution in [0.5, 0.6) is 5.75 Å². The Labute approximate surface area is 190 Å². The first-order valence-corrected chi connectivity index (χ1v) is 12.2. The summed E-state index contributed by atoms with van der Waals surface area (Å²) < 4.78 is 8.10. The van der Waals surface area contributed by atoms with Gasteiger partial charge in [0.15, 0.2) is 0 Å². The van der Waals surface area contributed by atoms with Crippen molar-refractivity contribution in [3.05, 3.63) is 58.9 Å². The molecule has 1 aliphatic carbocycles. The van der Waals surface area contributed by atoms with Crippen molar-refractivity contribution in [2.75, 3.05) is 19.7 Å². The van der Waals surface area contributed by atoms with Gasteiger partial charge in [-0.3, -0.25) is 4.79 Å². The number of benzene rings is 2. The van der Waals surface area contributed by atoms with Gasteiger partial charge in [0.2, 0.25) is 0 Å². The van der Waals surface area contributed by atoms with Gasteiger partial charge in [0, 0.05) is 38.0 Å². The van der Waals surface area contributed by atoms with E-state index in [2.05, 4.69) is 28.8 Å². The molecule has 1 saturated carbocycles. The summed E-state index contributed by atoms with van der Waals surface area (Å²) in [6.07, 6.45) is 7.05. The molecular weight excluding hydrogens is 398 g/mol. The van der Waals surface area contributed by atoms with Crippen LogP contribution in [0.25, 0.3) is 11.0 Å². The summed E-state index contributed by atoms with van der Waals surface area (Å²) in [5, 5.41) is 0. The Kier molecular flexibility index (Phi) is 5.90. The molecule has 1 amide bonds. The van der Waals surface area contributed by atoms with Crippen LogP contribution < -0.4 is 4.74 Å². The van der Waals surface area contributed by atoms with Gasteiger partial charge in [-0.1, -0.05) is 25.0 Å². The van der Waals surface area contributed by atoms with Gasteiger partial charge in [-0.05, 0) is 68.0 Å². The number of nitrogens with zero attached hydrogens (tertiary/aromatic N) is 3. The van der Waals surface area contributed by atoms with E-state index in [0.717, 1.165) is 73.2 Å². The first kappa shape index (κ1) is 21.0. The fourth-order valence-electron chi connectivity index (χ4n) is 5.33. The standard InChI is InChI=1S/C27H33N3O2/c1-3-29(4-2)27(31)22-10-11-24-23(17-22)28-26(30(24)18-19-7-5-6-8-19)16-20-9-12-25-21(15-20)13-14-32-25/h9-12,15,17,19H,3-8,13-14,16,18H2,1-2H3. The second-order valence-electron chi connectivity index (χ2n) is 9.19. The number of aromatic nitrogens is 2. The number of imidazole rings is 1. The quantitative estimate of drug-likeness (QED) is 0.514. The predicted molar refractivity (Wildman–Crippen MR) is 127 cm³/mol. The Morgan fingerprint density at radius 2 is 1.94 bits per heavy atom. The van der Waals surface area contributed by atoms with E-state index < -0.39 is 0 Å². The van der Waals surface area contributed by atoms with E-state index >= 15 is 0 Å². The number of carbonyl (C=O) groups is 1. The fourth-order valence-corrected chi connectivity index (χ4v) is 5.33. The third-order valence-corrected chi connectivity index (χ3v) is 7.16. The van der Waals surface area contributed by atoms with Gasteiger partial charge in [-0.15, -0.1) is 0 Å². The van der Waals surface area contributed by atoms with Gasteiger partial charge in [0.1, 0.15) is 11.6 Å². The van der Waals surface area contributed by atoms with Crippen LogP contribution in [-0.2, 0) is 19.4 Å². The molecule has 1 aromatic heterocycles. The molecular formula is C27H33N3O2. The van der Waals surface area contributed by atoms with Crippen molar-refractivity contribution < 1.29 is 9.53 Å². The maximum Gasteiger partial charge on any atom is 0.253 e. The summed E-state index contributed by atoms with van der Waals surface area (Å²) >= 11 is 0. The van der Waals surface area contributed by atoms with E-state index in [9.17, 15) is 4.79 Å². The molecule has 0 unspecified atom stereocenters. The highest BCUT2D eigenvalue weighted by atomic mass is 16.5. The summed E-state index contributed by atoms with van der Waals surface area (Å²) in [5.41, 5.74) is 5.38. The molecule has 0 spiro atoms. The molecule has 0 radical (unpaired) electrons. The predicted octanol–water partition coefficient (Wildman–Crippen LogP) is 5.23. The molecule has 5 heteroatoms. The minimum Gasteiger partial charge on any atom is -0.493 e. The van der Waals surface area contributed by atoms with Crippen LogP contribution in [-0.4, -0.2) is 40.1 Å². The van der Waals surface area contributed by atoms with Crippen LogP contribution in [0.1, 0.15) is 66.8 Å². The smallest absolute Gasteiger partial charge is 0.253 e. The monoisotopic (exact) mass is 431 g/mol. The van der Waals surface area contributed by atoms with Crippen molar-refractivity contribution in [2.45, 2.75) is 58.9 Å². The molecule has 5 rings (SSSR count). The second-order valence-corrected chi connectivity index (χ2v) is 9.19. The highest BCUT2D eigenvalue weighted by Gasteiger charge is 2.21. The normalized spacial score (nSPS) is 15.8. The van der Waals surface area contributed by atoms with Crippen LogP contribution in [0.4, 0.5) is 0 Å². The number of hydrogen-bond donors (Lipinski definition) is 0. The Hall–Kier alpha value is -2.82. The zero-order valence-corrected chi connectivity index (χ0v) is 19.3. The Balaban J connectivity index is 1.51. The molecule has 1 fully saturated rings. The van der Waals surface area contributed by atoms with Crippen molar-refractivity contribution in [1.82, 2.24) is 14.5 Å². The maximum absolute atomic E-state index is 12.9. The largest absolute Gasteiger partial charge is 0.493 e. The minimum atomic E-state index is 0.0856. The highest BCUT2D eigenvalue weighted by Crippen LogP contribution is 2.31. The molecule has 5 nitrogen and oxygen atoms in total. The van der Waals surface area contributed by atoms with Gasteiger partial charge in [0.25, 0.3) is 5.91 Å². The van der Waals surface area contributed by atoms with Gasteiger partial charge in [-0.25, -0.2) is 4.98 Å². The maximum atomic E-state index is 12.9. The van der Waals surface area contributed by atoms with Crippen LogP contribution in [0.15, 0.2) is 36.4 Å². The third-order valence-electron chi connectivity index (χ3n) is 7.16. The number of rotatable bonds is 7. The van der Waals surface area contributed by atoms with Gasteiger partial charge >= 0.3 is 0 Å². The molecule has 0 atom stereocenters. The lowest BCUT2D eigenvalue weighted by molar-refractivity contribution is 0.0773. The van der Waals surface area contributed by atoms with Crippen molar-refractivity contribution in [1.29, 1.82) is 0 Å². The molecule has 0 N–H and O–H groups in total. The average Bonchev–Trinajstić information content (AvgIpc) is 3.55. The van der Waals surface area contributed by atoms with Gasteiger partial charge in [0.05, 0.1) is 17.6 Å². The summed E-state index contributed by atoms with van der Waals surface area (Å²) in [7, 11) is 0. The van der Waals surface area contributed by atoms with Crippen LogP contribution >= 0.6 is 0 Å². The Bertz CT molecular complexity index is 1120. The molecule has 2 aliphatic rings. The van der Waals surface area contributed by atoms with E-state index in [1.165, 1.54) is 36.8 Å². The Morgan fingerprint density at radius 3 is 2.72 bits per heavy atom.